The third-order valence-electron chi connectivity index (χ3n) is 1.83. The average molecular weight is 233 g/mol. The number of nitrogens with two attached hydrogens (primary N) is 1. The van der Waals surface area contributed by atoms with Crippen LogP contribution in [0.1, 0.15) is 18.6 Å². The molecular weight excluding hydrogens is 218 g/mol. The third-order valence-corrected chi connectivity index (χ3v) is 2.61. The lowest BCUT2D eigenvalue weighted by molar-refractivity contribution is 0.356. The summed E-state index contributed by atoms with van der Waals surface area (Å²) >= 11 is 0. The lowest BCUT2D eigenvalue weighted by Crippen LogP contribution is -2.13. The lowest BCUT2D eigenvalue weighted by Gasteiger charge is -2.01. The molecule has 0 aliphatic heterocycles. The lowest BCUT2D eigenvalue weighted by atomic mass is 10.1. The van der Waals surface area contributed by atoms with E-state index in [0.717, 1.165) is 6.26 Å². The van der Waals surface area contributed by atoms with Crippen LogP contribution in [0.5, 0.6) is 0 Å². The molecule has 0 radical (unpaired) electrons. The zero-order chi connectivity index (χ0) is 11.5. The molecule has 1 heterocycles. The maximum Gasteiger partial charge on any atom is 0.226 e. The highest BCUT2D eigenvalue weighted by Gasteiger charge is 2.13. The van der Waals surface area contributed by atoms with Crippen molar-refractivity contribution < 1.29 is 12.9 Å². The Morgan fingerprint density at radius 1 is 1.53 bits per heavy atom. The molecule has 0 aliphatic carbocycles. The molecule has 0 fully saturated rings. The summed E-state index contributed by atoms with van der Waals surface area (Å²) in [6.45, 7) is 2.49. The summed E-state index contributed by atoms with van der Waals surface area (Å²) in [5.41, 5.74) is 5.44. The van der Waals surface area contributed by atoms with Crippen molar-refractivity contribution in [1.82, 2.24) is 10.1 Å². The summed E-state index contributed by atoms with van der Waals surface area (Å²) in [4.78, 5) is 3.97. The molecular formula is C8H15N3O3S. The smallest absolute Gasteiger partial charge is 0.226 e. The van der Waals surface area contributed by atoms with E-state index in [2.05, 4.69) is 10.1 Å². The zero-order valence-electron chi connectivity index (χ0n) is 8.80. The number of hydrogen-bond acceptors (Lipinski definition) is 6. The van der Waals surface area contributed by atoms with Gasteiger partial charge in [0.05, 0.1) is 0 Å². The molecule has 7 heteroatoms. The fraction of sp³-hybridized carbons (Fsp3) is 0.750. The summed E-state index contributed by atoms with van der Waals surface area (Å²) in [6, 6.07) is 0. The summed E-state index contributed by atoms with van der Waals surface area (Å²) in [6.07, 6.45) is 1.71. The average Bonchev–Trinajstić information content (AvgIpc) is 2.49. The third kappa shape index (κ3) is 4.39. The first-order chi connectivity index (χ1) is 6.90. The number of rotatable bonds is 5. The fourth-order valence-corrected chi connectivity index (χ4v) is 1.63. The Hall–Kier alpha value is -0.950. The topological polar surface area (TPSA) is 99.1 Å². The Balaban J connectivity index is 2.64. The molecule has 6 nitrogen and oxygen atoms in total. The van der Waals surface area contributed by atoms with E-state index >= 15 is 0 Å². The highest BCUT2D eigenvalue weighted by atomic mass is 32.2. The summed E-state index contributed by atoms with van der Waals surface area (Å²) in [7, 11) is -3.11. The van der Waals surface area contributed by atoms with Gasteiger partial charge in [-0.15, -0.1) is 0 Å². The van der Waals surface area contributed by atoms with Gasteiger partial charge in [-0.1, -0.05) is 12.1 Å². The van der Waals surface area contributed by atoms with Gasteiger partial charge >= 0.3 is 0 Å². The van der Waals surface area contributed by atoms with Crippen LogP contribution in [0.3, 0.4) is 0 Å². The van der Waals surface area contributed by atoms with Gasteiger partial charge in [-0.3, -0.25) is 0 Å². The fourth-order valence-electron chi connectivity index (χ4n) is 1.05. The molecule has 1 unspecified atom stereocenters. The first-order valence-corrected chi connectivity index (χ1v) is 6.66. The Morgan fingerprint density at radius 3 is 2.73 bits per heavy atom. The number of aromatic nitrogens is 2. The monoisotopic (exact) mass is 233 g/mol. The summed E-state index contributed by atoms with van der Waals surface area (Å²) in [5, 5.41) is 3.58. The van der Waals surface area contributed by atoms with Gasteiger partial charge in [-0.05, 0) is 12.5 Å². The van der Waals surface area contributed by atoms with Crippen molar-refractivity contribution >= 4 is 9.84 Å². The van der Waals surface area contributed by atoms with Gasteiger partial charge in [0.15, 0.2) is 15.7 Å². The standard InChI is InChI=1S/C8H15N3O3S/c1-6(4-9)3-8-10-7(11-14-8)5-15(2,12)13/h6H,3-5,9H2,1-2H3. The van der Waals surface area contributed by atoms with Gasteiger partial charge in [0.2, 0.25) is 5.89 Å². The highest BCUT2D eigenvalue weighted by Crippen LogP contribution is 2.06. The van der Waals surface area contributed by atoms with Crippen LogP contribution in [0, 0.1) is 5.92 Å². The van der Waals surface area contributed by atoms with Crippen LogP contribution in [0.15, 0.2) is 4.52 Å². The molecule has 15 heavy (non-hydrogen) atoms. The largest absolute Gasteiger partial charge is 0.339 e. The second kappa shape index (κ2) is 4.71. The molecule has 1 rings (SSSR count). The molecule has 2 N–H and O–H groups in total. The Bertz CT molecular complexity index is 413. The van der Waals surface area contributed by atoms with Crippen molar-refractivity contribution in [3.8, 4) is 0 Å². The number of sulfone groups is 1. The van der Waals surface area contributed by atoms with E-state index in [-0.39, 0.29) is 17.5 Å². The van der Waals surface area contributed by atoms with Gasteiger partial charge in [-0.25, -0.2) is 8.42 Å². The highest BCUT2D eigenvalue weighted by molar-refractivity contribution is 7.89. The number of nitrogens with zero attached hydrogens (tertiary/aromatic N) is 2. The predicted molar refractivity (Wildman–Crippen MR) is 54.8 cm³/mol. The molecule has 1 atom stereocenters. The van der Waals surface area contributed by atoms with Crippen molar-refractivity contribution in [3.05, 3.63) is 11.7 Å². The Kier molecular flexibility index (Phi) is 3.81. The van der Waals surface area contributed by atoms with Crippen LogP contribution in [0.2, 0.25) is 0 Å². The van der Waals surface area contributed by atoms with Crippen LogP contribution in [-0.2, 0) is 22.0 Å². The van der Waals surface area contributed by atoms with Gasteiger partial charge in [0, 0.05) is 12.7 Å². The quantitative estimate of drug-likeness (QED) is 0.753. The molecule has 0 saturated heterocycles. The maximum absolute atomic E-state index is 10.9. The SMILES string of the molecule is CC(CN)Cc1nc(CS(C)(=O)=O)no1. The van der Waals surface area contributed by atoms with E-state index in [1.165, 1.54) is 0 Å². The molecule has 0 amide bonds. The first kappa shape index (κ1) is 12.1. The second-order valence-corrected chi connectivity index (χ2v) is 5.86. The van der Waals surface area contributed by atoms with Crippen molar-refractivity contribution in [2.24, 2.45) is 11.7 Å². The molecule has 0 bridgehead atoms. The van der Waals surface area contributed by atoms with E-state index in [0.29, 0.717) is 18.9 Å². The normalized spacial score (nSPS) is 14.1. The van der Waals surface area contributed by atoms with E-state index in [9.17, 15) is 8.42 Å². The second-order valence-electron chi connectivity index (χ2n) is 3.72. The van der Waals surface area contributed by atoms with Crippen molar-refractivity contribution in [1.29, 1.82) is 0 Å². The first-order valence-electron chi connectivity index (χ1n) is 4.60. The van der Waals surface area contributed by atoms with Crippen LogP contribution >= 0.6 is 0 Å². The molecule has 86 valence electrons. The molecule has 0 saturated carbocycles. The molecule has 0 aliphatic rings. The van der Waals surface area contributed by atoms with Crippen molar-refractivity contribution in [2.45, 2.75) is 19.1 Å². The van der Waals surface area contributed by atoms with E-state index < -0.39 is 9.84 Å². The minimum atomic E-state index is -3.11. The minimum Gasteiger partial charge on any atom is -0.339 e. The zero-order valence-corrected chi connectivity index (χ0v) is 9.62. The van der Waals surface area contributed by atoms with E-state index in [1.54, 1.807) is 0 Å². The Labute approximate surface area is 88.8 Å². The number of hydrogen-bond donors (Lipinski definition) is 1. The molecule has 1 aromatic rings. The van der Waals surface area contributed by atoms with Gasteiger partial charge in [-0.2, -0.15) is 4.98 Å². The molecule has 0 aromatic carbocycles. The van der Waals surface area contributed by atoms with Gasteiger partial charge in [0.1, 0.15) is 5.75 Å². The van der Waals surface area contributed by atoms with Gasteiger partial charge in [0.25, 0.3) is 0 Å². The van der Waals surface area contributed by atoms with E-state index in [1.807, 2.05) is 6.92 Å². The van der Waals surface area contributed by atoms with E-state index in [4.69, 9.17) is 10.3 Å². The van der Waals surface area contributed by atoms with Crippen molar-refractivity contribution in [3.63, 3.8) is 0 Å². The maximum atomic E-state index is 10.9. The molecule has 0 spiro atoms. The van der Waals surface area contributed by atoms with Crippen LogP contribution in [-0.4, -0.2) is 31.4 Å². The van der Waals surface area contributed by atoms with Crippen LogP contribution in [0.25, 0.3) is 0 Å². The summed E-state index contributed by atoms with van der Waals surface area (Å²) in [5.74, 6) is 0.702. The van der Waals surface area contributed by atoms with Crippen LogP contribution in [0.4, 0.5) is 0 Å². The van der Waals surface area contributed by atoms with Crippen LogP contribution < -0.4 is 5.73 Å². The predicted octanol–water partition coefficient (Wildman–Crippen LogP) is -0.248. The minimum absolute atomic E-state index is 0.187. The van der Waals surface area contributed by atoms with Gasteiger partial charge < -0.3 is 10.3 Å². The van der Waals surface area contributed by atoms with Crippen molar-refractivity contribution in [2.75, 3.05) is 12.8 Å². The Morgan fingerprint density at radius 2 is 2.20 bits per heavy atom. The summed E-state index contributed by atoms with van der Waals surface area (Å²) < 4.78 is 26.8. The molecule has 1 aromatic heterocycles.